The van der Waals surface area contributed by atoms with Crippen LogP contribution in [0.25, 0.3) is 0 Å². The Morgan fingerprint density at radius 2 is 1.92 bits per heavy atom. The first kappa shape index (κ1) is 17.9. The fraction of sp³-hybridized carbons (Fsp3) is 0.381. The second-order valence-electron chi connectivity index (χ2n) is 6.71. The van der Waals surface area contributed by atoms with E-state index in [0.717, 1.165) is 24.3 Å². The van der Waals surface area contributed by atoms with Gasteiger partial charge in [-0.25, -0.2) is 9.18 Å². The maximum absolute atomic E-state index is 14.5. The van der Waals surface area contributed by atoms with Gasteiger partial charge < -0.3 is 4.74 Å². The molecular formula is C21H22ClFO2. The SMILES string of the molecule is CC[C@H]1CC[C@H](c2ccc(C(=O)Oc3cccc(Cl)c3)c(F)c2)CC1. The van der Waals surface area contributed by atoms with Crippen LogP contribution in [0, 0.1) is 11.7 Å². The quantitative estimate of drug-likeness (QED) is 0.467. The van der Waals surface area contributed by atoms with E-state index in [1.165, 1.54) is 37.5 Å². The maximum Gasteiger partial charge on any atom is 0.346 e. The second-order valence-corrected chi connectivity index (χ2v) is 7.15. The molecule has 132 valence electrons. The normalized spacial score (nSPS) is 20.3. The molecule has 0 spiro atoms. The largest absolute Gasteiger partial charge is 0.423 e. The molecule has 0 atom stereocenters. The number of hydrogen-bond acceptors (Lipinski definition) is 2. The molecule has 3 rings (SSSR count). The van der Waals surface area contributed by atoms with Crippen LogP contribution in [-0.4, -0.2) is 5.97 Å². The Morgan fingerprint density at radius 1 is 1.16 bits per heavy atom. The van der Waals surface area contributed by atoms with E-state index in [2.05, 4.69) is 6.92 Å². The summed E-state index contributed by atoms with van der Waals surface area (Å²) in [5, 5.41) is 0.462. The van der Waals surface area contributed by atoms with Crippen molar-refractivity contribution < 1.29 is 13.9 Å². The van der Waals surface area contributed by atoms with Crippen LogP contribution < -0.4 is 4.74 Å². The van der Waals surface area contributed by atoms with Crippen LogP contribution in [0.4, 0.5) is 4.39 Å². The van der Waals surface area contributed by atoms with Gasteiger partial charge in [0.2, 0.25) is 0 Å². The van der Waals surface area contributed by atoms with Crippen LogP contribution in [0.2, 0.25) is 5.02 Å². The lowest BCUT2D eigenvalue weighted by Gasteiger charge is -2.28. The molecule has 0 unspecified atom stereocenters. The summed E-state index contributed by atoms with van der Waals surface area (Å²) in [4.78, 5) is 12.2. The van der Waals surface area contributed by atoms with Gasteiger partial charge in [-0.1, -0.05) is 37.1 Å². The minimum atomic E-state index is -0.707. The van der Waals surface area contributed by atoms with Crippen molar-refractivity contribution in [2.75, 3.05) is 0 Å². The molecule has 1 saturated carbocycles. The van der Waals surface area contributed by atoms with E-state index in [-0.39, 0.29) is 5.56 Å². The molecule has 0 bridgehead atoms. The molecule has 0 N–H and O–H groups in total. The van der Waals surface area contributed by atoms with E-state index >= 15 is 0 Å². The lowest BCUT2D eigenvalue weighted by Crippen LogP contribution is -2.14. The van der Waals surface area contributed by atoms with Gasteiger partial charge in [0, 0.05) is 5.02 Å². The van der Waals surface area contributed by atoms with Crippen LogP contribution in [0.3, 0.4) is 0 Å². The smallest absolute Gasteiger partial charge is 0.346 e. The van der Waals surface area contributed by atoms with Crippen LogP contribution in [0.1, 0.15) is 60.9 Å². The van der Waals surface area contributed by atoms with E-state index < -0.39 is 11.8 Å². The highest BCUT2D eigenvalue weighted by Gasteiger charge is 2.23. The minimum absolute atomic E-state index is 0.0500. The van der Waals surface area contributed by atoms with E-state index in [9.17, 15) is 9.18 Å². The van der Waals surface area contributed by atoms with Gasteiger partial charge in [0.15, 0.2) is 0 Å². The van der Waals surface area contributed by atoms with Gasteiger partial charge >= 0.3 is 5.97 Å². The molecular weight excluding hydrogens is 339 g/mol. The third-order valence-corrected chi connectivity index (χ3v) is 5.35. The molecule has 4 heteroatoms. The zero-order valence-electron chi connectivity index (χ0n) is 14.3. The number of carbonyl (C=O) groups is 1. The predicted molar refractivity (Wildman–Crippen MR) is 97.8 cm³/mol. The van der Waals surface area contributed by atoms with Crippen LogP contribution in [0.15, 0.2) is 42.5 Å². The van der Waals surface area contributed by atoms with Gasteiger partial charge in [-0.2, -0.15) is 0 Å². The number of benzene rings is 2. The number of halogens is 2. The average Bonchev–Trinajstić information content (AvgIpc) is 2.61. The molecule has 0 aromatic heterocycles. The van der Waals surface area contributed by atoms with Gasteiger partial charge in [-0.15, -0.1) is 0 Å². The number of rotatable bonds is 4. The second kappa shape index (κ2) is 8.01. The summed E-state index contributed by atoms with van der Waals surface area (Å²) in [6.45, 7) is 2.23. The van der Waals surface area contributed by atoms with Crippen LogP contribution in [0.5, 0.6) is 5.75 Å². The lowest BCUT2D eigenvalue weighted by atomic mass is 9.78. The summed E-state index contributed by atoms with van der Waals surface area (Å²) in [7, 11) is 0. The van der Waals surface area contributed by atoms with E-state index in [0.29, 0.717) is 16.7 Å². The van der Waals surface area contributed by atoms with Crippen molar-refractivity contribution in [3.8, 4) is 5.75 Å². The number of esters is 1. The topological polar surface area (TPSA) is 26.3 Å². The Labute approximate surface area is 153 Å². The standard InChI is InChI=1S/C21H22ClFO2/c1-2-14-6-8-15(9-7-14)16-10-11-19(20(23)12-16)21(24)25-18-5-3-4-17(22)13-18/h3-5,10-15H,2,6-9H2,1H3/t14-,15-. The third kappa shape index (κ3) is 4.40. The first-order valence-corrected chi connectivity index (χ1v) is 9.21. The lowest BCUT2D eigenvalue weighted by molar-refractivity contribution is 0.0730. The van der Waals surface area contributed by atoms with Crippen LogP contribution in [-0.2, 0) is 0 Å². The molecule has 0 heterocycles. The molecule has 0 aliphatic heterocycles. The Bertz CT molecular complexity index is 751. The van der Waals surface area contributed by atoms with Crippen molar-refractivity contribution in [1.82, 2.24) is 0 Å². The molecule has 0 radical (unpaired) electrons. The summed E-state index contributed by atoms with van der Waals surface area (Å²) < 4.78 is 19.7. The monoisotopic (exact) mass is 360 g/mol. The molecule has 1 fully saturated rings. The van der Waals surface area contributed by atoms with E-state index in [1.54, 1.807) is 18.2 Å². The first-order chi connectivity index (χ1) is 12.1. The number of carbonyl (C=O) groups excluding carboxylic acids is 1. The number of hydrogen-bond donors (Lipinski definition) is 0. The molecule has 2 aromatic rings. The summed E-state index contributed by atoms with van der Waals surface area (Å²) >= 11 is 5.87. The molecule has 1 aliphatic carbocycles. The summed E-state index contributed by atoms with van der Waals surface area (Å²) in [5.74, 6) is 0.255. The zero-order chi connectivity index (χ0) is 17.8. The zero-order valence-corrected chi connectivity index (χ0v) is 15.1. The molecule has 0 saturated heterocycles. The van der Waals surface area contributed by atoms with Gasteiger partial charge in [-0.05, 0) is 73.4 Å². The van der Waals surface area contributed by atoms with Gasteiger partial charge in [0.05, 0.1) is 5.56 Å². The van der Waals surface area contributed by atoms with E-state index in [4.69, 9.17) is 16.3 Å². The Balaban J connectivity index is 1.70. The number of ether oxygens (including phenoxy) is 1. The van der Waals surface area contributed by atoms with Gasteiger partial charge in [0.1, 0.15) is 11.6 Å². The fourth-order valence-corrected chi connectivity index (χ4v) is 3.73. The van der Waals surface area contributed by atoms with Gasteiger partial charge in [-0.3, -0.25) is 0 Å². The average molecular weight is 361 g/mol. The predicted octanol–water partition coefficient (Wildman–Crippen LogP) is 6.38. The van der Waals surface area contributed by atoms with Crippen molar-refractivity contribution in [2.24, 2.45) is 5.92 Å². The van der Waals surface area contributed by atoms with Crippen molar-refractivity contribution in [2.45, 2.75) is 44.9 Å². The minimum Gasteiger partial charge on any atom is -0.423 e. The van der Waals surface area contributed by atoms with Crippen molar-refractivity contribution >= 4 is 17.6 Å². The third-order valence-electron chi connectivity index (χ3n) is 5.12. The molecule has 2 aromatic carbocycles. The Kier molecular flexibility index (Phi) is 5.74. The van der Waals surface area contributed by atoms with Crippen LogP contribution >= 0.6 is 11.6 Å². The first-order valence-electron chi connectivity index (χ1n) is 8.84. The summed E-state index contributed by atoms with van der Waals surface area (Å²) in [6.07, 6.45) is 5.78. The van der Waals surface area contributed by atoms with E-state index in [1.807, 2.05) is 6.07 Å². The van der Waals surface area contributed by atoms with Crippen molar-refractivity contribution in [3.05, 3.63) is 64.4 Å². The van der Waals surface area contributed by atoms with Crippen molar-refractivity contribution in [1.29, 1.82) is 0 Å². The summed E-state index contributed by atoms with van der Waals surface area (Å²) in [6, 6.07) is 11.4. The van der Waals surface area contributed by atoms with Gasteiger partial charge in [0.25, 0.3) is 0 Å². The highest BCUT2D eigenvalue weighted by Crippen LogP contribution is 2.37. The highest BCUT2D eigenvalue weighted by atomic mass is 35.5. The molecule has 25 heavy (non-hydrogen) atoms. The molecule has 1 aliphatic rings. The fourth-order valence-electron chi connectivity index (χ4n) is 3.55. The summed E-state index contributed by atoms with van der Waals surface area (Å²) in [5.41, 5.74) is 0.928. The maximum atomic E-state index is 14.5. The van der Waals surface area contributed by atoms with Crippen molar-refractivity contribution in [3.63, 3.8) is 0 Å². The Hall–Kier alpha value is -1.87. The molecule has 0 amide bonds. The Morgan fingerprint density at radius 3 is 2.56 bits per heavy atom. The highest BCUT2D eigenvalue weighted by molar-refractivity contribution is 6.30. The molecule has 2 nitrogen and oxygen atoms in total.